The molecule has 1 atom stereocenters. The van der Waals surface area contributed by atoms with E-state index in [9.17, 15) is 0 Å². The fourth-order valence-corrected chi connectivity index (χ4v) is 3.88. The van der Waals surface area contributed by atoms with Crippen LogP contribution in [0.15, 0.2) is 24.7 Å². The van der Waals surface area contributed by atoms with Crippen LogP contribution in [0, 0.1) is 0 Å². The molecule has 1 aliphatic carbocycles. The maximum Gasteiger partial charge on any atom is 0.0954 e. The summed E-state index contributed by atoms with van der Waals surface area (Å²) in [4.78, 5) is 7.24. The van der Waals surface area contributed by atoms with Crippen molar-refractivity contribution in [3.05, 3.63) is 41.7 Å². The molecule has 0 saturated carbocycles. The number of imidazole rings is 1. The van der Waals surface area contributed by atoms with Crippen molar-refractivity contribution in [1.29, 1.82) is 0 Å². The van der Waals surface area contributed by atoms with Crippen molar-refractivity contribution >= 4 is 0 Å². The van der Waals surface area contributed by atoms with Crippen molar-refractivity contribution in [2.75, 3.05) is 13.1 Å². The topological polar surface area (TPSA) is 26.0 Å². The van der Waals surface area contributed by atoms with Crippen LogP contribution in [0.2, 0.25) is 0 Å². The summed E-state index contributed by atoms with van der Waals surface area (Å²) in [7, 11) is 2.13. The van der Waals surface area contributed by atoms with Gasteiger partial charge in [-0.25, -0.2) is 4.98 Å². The van der Waals surface area contributed by atoms with Gasteiger partial charge in [0.2, 0.25) is 0 Å². The Kier molecular flexibility index (Phi) is 3.34. The van der Waals surface area contributed by atoms with Crippen molar-refractivity contribution in [1.82, 2.24) is 19.0 Å². The largest absolute Gasteiger partial charge is 0.353 e. The van der Waals surface area contributed by atoms with Crippen LogP contribution in [-0.2, 0) is 26.4 Å². The molecule has 0 bridgehead atoms. The Bertz CT molecular complexity index is 625. The first-order chi connectivity index (χ1) is 10.3. The van der Waals surface area contributed by atoms with E-state index in [1.54, 1.807) is 0 Å². The van der Waals surface area contributed by atoms with Crippen molar-refractivity contribution in [2.24, 2.45) is 7.05 Å². The molecule has 1 saturated heterocycles. The maximum absolute atomic E-state index is 4.66. The standard InChI is InChI=1S/C17H24N4/c1-19-9-4-5-14(19)11-20-10-8-15(12-20)21-13-18-16-6-2-3-7-17(16)21/h4-5,9,13,15H,2-3,6-8,10-12H2,1H3. The predicted molar refractivity (Wildman–Crippen MR) is 83.2 cm³/mol. The fraction of sp³-hybridized carbons (Fsp3) is 0.588. The van der Waals surface area contributed by atoms with Crippen LogP contribution in [0.3, 0.4) is 0 Å². The van der Waals surface area contributed by atoms with Gasteiger partial charge in [-0.05, 0) is 44.2 Å². The second-order valence-corrected chi connectivity index (χ2v) is 6.54. The van der Waals surface area contributed by atoms with Gasteiger partial charge >= 0.3 is 0 Å². The minimum absolute atomic E-state index is 0.625. The lowest BCUT2D eigenvalue weighted by molar-refractivity contribution is 0.308. The highest BCUT2D eigenvalue weighted by Gasteiger charge is 2.27. The van der Waals surface area contributed by atoms with Gasteiger partial charge in [-0.1, -0.05) is 0 Å². The summed E-state index contributed by atoms with van der Waals surface area (Å²) in [6.45, 7) is 3.42. The lowest BCUT2D eigenvalue weighted by Gasteiger charge is -2.20. The Morgan fingerprint density at radius 3 is 3.05 bits per heavy atom. The lowest BCUT2D eigenvalue weighted by atomic mass is 10.0. The van der Waals surface area contributed by atoms with Crippen LogP contribution in [-0.4, -0.2) is 32.1 Å². The number of aromatic nitrogens is 3. The Balaban J connectivity index is 1.47. The number of hydrogen-bond donors (Lipinski definition) is 0. The smallest absolute Gasteiger partial charge is 0.0954 e. The molecule has 0 aromatic carbocycles. The zero-order valence-electron chi connectivity index (χ0n) is 12.8. The Hall–Kier alpha value is -1.55. The number of hydrogen-bond acceptors (Lipinski definition) is 2. The van der Waals surface area contributed by atoms with E-state index in [0.717, 1.165) is 13.1 Å². The molecular weight excluding hydrogens is 260 g/mol. The monoisotopic (exact) mass is 284 g/mol. The summed E-state index contributed by atoms with van der Waals surface area (Å²) in [5.41, 5.74) is 4.29. The van der Waals surface area contributed by atoms with Gasteiger partial charge in [0.15, 0.2) is 0 Å². The predicted octanol–water partition coefficient (Wildman–Crippen LogP) is 2.55. The molecule has 4 rings (SSSR count). The van der Waals surface area contributed by atoms with Crippen LogP contribution in [0.4, 0.5) is 0 Å². The highest BCUT2D eigenvalue weighted by molar-refractivity contribution is 5.18. The molecule has 0 radical (unpaired) electrons. The molecule has 0 N–H and O–H groups in total. The molecule has 0 spiro atoms. The Morgan fingerprint density at radius 2 is 2.19 bits per heavy atom. The first-order valence-corrected chi connectivity index (χ1v) is 8.18. The van der Waals surface area contributed by atoms with E-state index in [-0.39, 0.29) is 0 Å². The first-order valence-electron chi connectivity index (χ1n) is 8.18. The minimum atomic E-state index is 0.625. The third-order valence-corrected chi connectivity index (χ3v) is 5.14. The van der Waals surface area contributed by atoms with Crippen LogP contribution >= 0.6 is 0 Å². The number of rotatable bonds is 3. The highest BCUT2D eigenvalue weighted by Crippen LogP contribution is 2.28. The van der Waals surface area contributed by atoms with Crippen LogP contribution in [0.5, 0.6) is 0 Å². The molecule has 4 heteroatoms. The van der Waals surface area contributed by atoms with Crippen LogP contribution < -0.4 is 0 Å². The molecule has 112 valence electrons. The highest BCUT2D eigenvalue weighted by atomic mass is 15.2. The maximum atomic E-state index is 4.66. The third-order valence-electron chi connectivity index (χ3n) is 5.14. The zero-order valence-corrected chi connectivity index (χ0v) is 12.8. The van der Waals surface area contributed by atoms with Gasteiger partial charge in [0.25, 0.3) is 0 Å². The zero-order chi connectivity index (χ0) is 14.2. The van der Waals surface area contributed by atoms with E-state index in [4.69, 9.17) is 0 Å². The second-order valence-electron chi connectivity index (χ2n) is 6.54. The third kappa shape index (κ3) is 2.42. The number of aryl methyl sites for hydroxylation is 2. The molecule has 4 nitrogen and oxygen atoms in total. The molecule has 2 aromatic heterocycles. The van der Waals surface area contributed by atoms with Gasteiger partial charge in [0.05, 0.1) is 12.0 Å². The lowest BCUT2D eigenvalue weighted by Crippen LogP contribution is -2.23. The van der Waals surface area contributed by atoms with E-state index in [1.807, 2.05) is 0 Å². The first kappa shape index (κ1) is 13.1. The van der Waals surface area contributed by atoms with Gasteiger partial charge in [-0.3, -0.25) is 4.90 Å². The molecule has 2 aromatic rings. The van der Waals surface area contributed by atoms with Crippen LogP contribution in [0.25, 0.3) is 0 Å². The minimum Gasteiger partial charge on any atom is -0.353 e. The van der Waals surface area contributed by atoms with E-state index in [0.29, 0.717) is 6.04 Å². The summed E-state index contributed by atoms with van der Waals surface area (Å²) >= 11 is 0. The molecule has 2 aliphatic rings. The molecule has 1 fully saturated rings. The second kappa shape index (κ2) is 5.34. The van der Waals surface area contributed by atoms with Crippen LogP contribution in [0.1, 0.15) is 42.4 Å². The summed E-state index contributed by atoms with van der Waals surface area (Å²) in [5.74, 6) is 0. The quantitative estimate of drug-likeness (QED) is 0.866. The van der Waals surface area contributed by atoms with E-state index in [2.05, 4.69) is 50.7 Å². The van der Waals surface area contributed by atoms with E-state index >= 15 is 0 Å². The fourth-order valence-electron chi connectivity index (χ4n) is 3.88. The van der Waals surface area contributed by atoms with Gasteiger partial charge in [-0.2, -0.15) is 0 Å². The van der Waals surface area contributed by atoms with Crippen molar-refractivity contribution < 1.29 is 0 Å². The van der Waals surface area contributed by atoms with Crippen molar-refractivity contribution in [2.45, 2.75) is 44.7 Å². The van der Waals surface area contributed by atoms with E-state index in [1.165, 1.54) is 55.7 Å². The molecule has 21 heavy (non-hydrogen) atoms. The molecule has 1 aliphatic heterocycles. The molecule has 3 heterocycles. The van der Waals surface area contributed by atoms with E-state index < -0.39 is 0 Å². The number of fused-ring (bicyclic) bond motifs is 1. The van der Waals surface area contributed by atoms with Gasteiger partial charge in [-0.15, -0.1) is 0 Å². The summed E-state index contributed by atoms with van der Waals surface area (Å²) in [6.07, 6.45) is 10.5. The van der Waals surface area contributed by atoms with Crippen molar-refractivity contribution in [3.63, 3.8) is 0 Å². The van der Waals surface area contributed by atoms with Gasteiger partial charge in [0.1, 0.15) is 0 Å². The normalized spacial score (nSPS) is 22.6. The average molecular weight is 284 g/mol. The van der Waals surface area contributed by atoms with Gasteiger partial charge in [0, 0.05) is 50.3 Å². The van der Waals surface area contributed by atoms with Crippen molar-refractivity contribution in [3.8, 4) is 0 Å². The Morgan fingerprint density at radius 1 is 1.29 bits per heavy atom. The summed E-state index contributed by atoms with van der Waals surface area (Å²) in [6, 6.07) is 4.99. The molecule has 0 amide bonds. The SMILES string of the molecule is Cn1cccc1CN1CCC(n2cnc3c2CCCC3)C1. The number of nitrogens with zero attached hydrogens (tertiary/aromatic N) is 4. The molecule has 1 unspecified atom stereocenters. The average Bonchev–Trinajstić information content (AvgIpc) is 3.20. The number of likely N-dealkylation sites (tertiary alicyclic amines) is 1. The summed E-state index contributed by atoms with van der Waals surface area (Å²) < 4.78 is 4.71. The molecular formula is C17H24N4. The van der Waals surface area contributed by atoms with Gasteiger partial charge < -0.3 is 9.13 Å². The summed E-state index contributed by atoms with van der Waals surface area (Å²) in [5, 5.41) is 0. The Labute approximate surface area is 126 Å².